The zero-order valence-electron chi connectivity index (χ0n) is 11.2. The second-order valence-corrected chi connectivity index (χ2v) is 5.44. The molecule has 2 rings (SSSR count). The molecule has 0 radical (unpaired) electrons. The van der Waals surface area contributed by atoms with Crippen LogP contribution in [-0.4, -0.2) is 48.4 Å². The van der Waals surface area contributed by atoms with E-state index < -0.39 is 0 Å². The number of piperidine rings is 1. The van der Waals surface area contributed by atoms with Gasteiger partial charge in [0.25, 0.3) is 0 Å². The van der Waals surface area contributed by atoms with Crippen molar-refractivity contribution in [3.63, 3.8) is 0 Å². The van der Waals surface area contributed by atoms with Gasteiger partial charge in [0.05, 0.1) is 5.92 Å². The molecule has 2 fully saturated rings. The van der Waals surface area contributed by atoms with Crippen molar-refractivity contribution in [3.8, 4) is 0 Å². The van der Waals surface area contributed by atoms with E-state index in [-0.39, 0.29) is 23.8 Å². The van der Waals surface area contributed by atoms with Crippen LogP contribution in [0.1, 0.15) is 33.1 Å². The van der Waals surface area contributed by atoms with Crippen LogP contribution in [0.4, 0.5) is 0 Å². The van der Waals surface area contributed by atoms with Gasteiger partial charge in [-0.1, -0.05) is 0 Å². The summed E-state index contributed by atoms with van der Waals surface area (Å²) < 4.78 is 0. The van der Waals surface area contributed by atoms with Crippen LogP contribution < -0.4 is 10.6 Å². The van der Waals surface area contributed by atoms with Crippen LogP contribution in [-0.2, 0) is 9.59 Å². The summed E-state index contributed by atoms with van der Waals surface area (Å²) in [5.74, 6) is 0.449. The molecule has 18 heavy (non-hydrogen) atoms. The number of likely N-dealkylation sites (tertiary alicyclic amines) is 1. The average molecular weight is 253 g/mol. The van der Waals surface area contributed by atoms with Gasteiger partial charge in [0.2, 0.25) is 11.8 Å². The Labute approximate surface area is 108 Å². The van der Waals surface area contributed by atoms with E-state index in [1.165, 1.54) is 0 Å². The Balaban J connectivity index is 1.82. The quantitative estimate of drug-likeness (QED) is 0.734. The van der Waals surface area contributed by atoms with Crippen LogP contribution in [0.15, 0.2) is 0 Å². The van der Waals surface area contributed by atoms with E-state index in [2.05, 4.69) is 17.6 Å². The van der Waals surface area contributed by atoms with Crippen LogP contribution in [0.2, 0.25) is 0 Å². The predicted molar refractivity (Wildman–Crippen MR) is 69.0 cm³/mol. The Morgan fingerprint density at radius 3 is 2.39 bits per heavy atom. The van der Waals surface area contributed by atoms with Crippen LogP contribution >= 0.6 is 0 Å². The van der Waals surface area contributed by atoms with E-state index in [1.807, 2.05) is 4.90 Å². The molecule has 0 aromatic heterocycles. The van der Waals surface area contributed by atoms with Gasteiger partial charge in [-0.3, -0.25) is 9.59 Å². The molecule has 2 atom stereocenters. The van der Waals surface area contributed by atoms with Crippen molar-refractivity contribution in [2.75, 3.05) is 19.6 Å². The topological polar surface area (TPSA) is 61.4 Å². The smallest absolute Gasteiger partial charge is 0.227 e. The van der Waals surface area contributed by atoms with E-state index in [1.54, 1.807) is 6.92 Å². The molecule has 2 saturated heterocycles. The molecule has 0 spiro atoms. The first-order chi connectivity index (χ1) is 8.58. The fourth-order valence-corrected chi connectivity index (χ4v) is 2.96. The molecule has 0 aliphatic carbocycles. The summed E-state index contributed by atoms with van der Waals surface area (Å²) in [6, 6.07) is 0.538. The van der Waals surface area contributed by atoms with E-state index in [0.29, 0.717) is 6.04 Å². The van der Waals surface area contributed by atoms with Gasteiger partial charge in [0.1, 0.15) is 0 Å². The van der Waals surface area contributed by atoms with E-state index >= 15 is 0 Å². The van der Waals surface area contributed by atoms with Gasteiger partial charge in [-0.25, -0.2) is 0 Å². The SMILES string of the molecule is CC(=O)NC1CCN(C(=O)C2CCNC2C)CC1. The summed E-state index contributed by atoms with van der Waals surface area (Å²) in [5.41, 5.74) is 0. The maximum atomic E-state index is 12.3. The molecule has 0 bridgehead atoms. The molecule has 102 valence electrons. The fourth-order valence-electron chi connectivity index (χ4n) is 2.96. The summed E-state index contributed by atoms with van der Waals surface area (Å²) >= 11 is 0. The van der Waals surface area contributed by atoms with Crippen molar-refractivity contribution in [2.45, 2.75) is 45.2 Å². The third-order valence-corrected chi connectivity index (χ3v) is 4.06. The van der Waals surface area contributed by atoms with Crippen molar-refractivity contribution in [2.24, 2.45) is 5.92 Å². The summed E-state index contributed by atoms with van der Waals surface area (Å²) in [7, 11) is 0. The minimum absolute atomic E-state index is 0.0217. The van der Waals surface area contributed by atoms with E-state index in [4.69, 9.17) is 0 Å². The zero-order valence-corrected chi connectivity index (χ0v) is 11.2. The van der Waals surface area contributed by atoms with Gasteiger partial charge in [-0.2, -0.15) is 0 Å². The van der Waals surface area contributed by atoms with Crippen LogP contribution in [0, 0.1) is 5.92 Å². The standard InChI is InChI=1S/C13H23N3O2/c1-9-12(3-6-14-9)13(18)16-7-4-11(5-8-16)15-10(2)17/h9,11-12,14H,3-8H2,1-2H3,(H,15,17). The third kappa shape index (κ3) is 3.02. The highest BCUT2D eigenvalue weighted by Gasteiger charge is 2.34. The number of amides is 2. The second kappa shape index (κ2) is 5.69. The summed E-state index contributed by atoms with van der Waals surface area (Å²) in [5, 5.41) is 6.25. The normalized spacial score (nSPS) is 29.3. The molecular formula is C13H23N3O2. The number of nitrogens with one attached hydrogen (secondary N) is 2. The van der Waals surface area contributed by atoms with Crippen LogP contribution in [0.5, 0.6) is 0 Å². The Morgan fingerprint density at radius 2 is 1.89 bits per heavy atom. The summed E-state index contributed by atoms with van der Waals surface area (Å²) in [4.78, 5) is 25.3. The van der Waals surface area contributed by atoms with Gasteiger partial charge in [0.15, 0.2) is 0 Å². The maximum absolute atomic E-state index is 12.3. The van der Waals surface area contributed by atoms with Gasteiger partial charge in [0, 0.05) is 32.1 Å². The first kappa shape index (κ1) is 13.3. The molecular weight excluding hydrogens is 230 g/mol. The molecule has 2 amide bonds. The number of carbonyl (C=O) groups excluding carboxylic acids is 2. The molecule has 5 heteroatoms. The molecule has 2 N–H and O–H groups in total. The molecule has 0 aromatic carbocycles. The Bertz CT molecular complexity index is 324. The average Bonchev–Trinajstić information content (AvgIpc) is 2.75. The fraction of sp³-hybridized carbons (Fsp3) is 0.846. The second-order valence-electron chi connectivity index (χ2n) is 5.44. The molecule has 0 aromatic rings. The highest BCUT2D eigenvalue weighted by atomic mass is 16.2. The first-order valence-corrected chi connectivity index (χ1v) is 6.87. The molecule has 2 unspecified atom stereocenters. The number of carbonyl (C=O) groups is 2. The van der Waals surface area contributed by atoms with E-state index in [9.17, 15) is 9.59 Å². The van der Waals surface area contributed by atoms with Gasteiger partial charge < -0.3 is 15.5 Å². The molecule has 0 saturated carbocycles. The minimum atomic E-state index is 0.0217. The molecule has 5 nitrogen and oxygen atoms in total. The minimum Gasteiger partial charge on any atom is -0.353 e. The maximum Gasteiger partial charge on any atom is 0.227 e. The number of hydrogen-bond donors (Lipinski definition) is 2. The molecule has 2 aliphatic heterocycles. The molecule has 2 aliphatic rings. The van der Waals surface area contributed by atoms with Crippen molar-refractivity contribution >= 4 is 11.8 Å². The number of hydrogen-bond acceptors (Lipinski definition) is 3. The highest BCUT2D eigenvalue weighted by Crippen LogP contribution is 2.20. The summed E-state index contributed by atoms with van der Waals surface area (Å²) in [6.45, 7) is 6.11. The third-order valence-electron chi connectivity index (χ3n) is 4.06. The largest absolute Gasteiger partial charge is 0.353 e. The summed E-state index contributed by atoms with van der Waals surface area (Å²) in [6.07, 6.45) is 2.70. The lowest BCUT2D eigenvalue weighted by Gasteiger charge is -2.34. The lowest BCUT2D eigenvalue weighted by molar-refractivity contribution is -0.136. The number of nitrogens with zero attached hydrogens (tertiary/aromatic N) is 1. The van der Waals surface area contributed by atoms with Crippen molar-refractivity contribution in [1.29, 1.82) is 0 Å². The van der Waals surface area contributed by atoms with Crippen molar-refractivity contribution < 1.29 is 9.59 Å². The van der Waals surface area contributed by atoms with Gasteiger partial charge >= 0.3 is 0 Å². The number of rotatable bonds is 2. The van der Waals surface area contributed by atoms with Gasteiger partial charge in [-0.05, 0) is 32.7 Å². The van der Waals surface area contributed by atoms with Crippen LogP contribution in [0.25, 0.3) is 0 Å². The lowest BCUT2D eigenvalue weighted by atomic mass is 9.97. The monoisotopic (exact) mass is 253 g/mol. The first-order valence-electron chi connectivity index (χ1n) is 6.87. The Hall–Kier alpha value is -1.10. The van der Waals surface area contributed by atoms with E-state index in [0.717, 1.165) is 38.9 Å². The lowest BCUT2D eigenvalue weighted by Crippen LogP contribution is -2.48. The van der Waals surface area contributed by atoms with Crippen molar-refractivity contribution in [1.82, 2.24) is 15.5 Å². The Kier molecular flexibility index (Phi) is 4.22. The molecule has 2 heterocycles. The van der Waals surface area contributed by atoms with Crippen molar-refractivity contribution in [3.05, 3.63) is 0 Å². The van der Waals surface area contributed by atoms with Gasteiger partial charge in [-0.15, -0.1) is 0 Å². The Morgan fingerprint density at radius 1 is 1.22 bits per heavy atom. The predicted octanol–water partition coefficient (Wildman–Crippen LogP) is 0.112. The van der Waals surface area contributed by atoms with Crippen LogP contribution in [0.3, 0.4) is 0 Å². The highest BCUT2D eigenvalue weighted by molar-refractivity contribution is 5.80. The zero-order chi connectivity index (χ0) is 13.1.